The maximum absolute atomic E-state index is 5.15. The van der Waals surface area contributed by atoms with Gasteiger partial charge in [-0.1, -0.05) is 84.9 Å². The average Bonchev–Trinajstić information content (AvgIpc) is 3.12. The molecular weight excluding hydrogens is 538 g/mol. The van der Waals surface area contributed by atoms with Crippen molar-refractivity contribution in [3.63, 3.8) is 0 Å². The van der Waals surface area contributed by atoms with Crippen LogP contribution in [-0.2, 0) is 0 Å². The second kappa shape index (κ2) is 11.0. The molecule has 0 fully saturated rings. The lowest BCUT2D eigenvalue weighted by Crippen LogP contribution is -1.96. The van der Waals surface area contributed by atoms with Crippen LogP contribution in [0.4, 0.5) is 0 Å². The first-order valence-electron chi connectivity index (χ1n) is 14.5. The SMILES string of the molecule is c1ccc(-c2cc(-c3ccc(-c4cc(-c5ccncc5)nc(-c5ccncc5)n4)cc3)nc3ccc4ccccc4c23)cc1. The molecule has 0 unspecified atom stereocenters. The van der Waals surface area contributed by atoms with Crippen LogP contribution in [0.1, 0.15) is 0 Å². The lowest BCUT2D eigenvalue weighted by molar-refractivity contribution is 1.17. The molecule has 0 saturated heterocycles. The largest absolute Gasteiger partial charge is 0.265 e. The van der Waals surface area contributed by atoms with Gasteiger partial charge in [-0.2, -0.15) is 0 Å². The van der Waals surface area contributed by atoms with Crippen molar-refractivity contribution in [2.24, 2.45) is 0 Å². The second-order valence-electron chi connectivity index (χ2n) is 10.6. The van der Waals surface area contributed by atoms with Crippen molar-refractivity contribution in [3.8, 4) is 56.3 Å². The molecule has 0 saturated carbocycles. The van der Waals surface area contributed by atoms with Crippen molar-refractivity contribution in [2.45, 2.75) is 0 Å². The summed E-state index contributed by atoms with van der Waals surface area (Å²) in [6, 6.07) is 43.9. The maximum atomic E-state index is 5.15. The fraction of sp³-hybridized carbons (Fsp3) is 0. The molecule has 5 heteroatoms. The van der Waals surface area contributed by atoms with Gasteiger partial charge < -0.3 is 0 Å². The highest BCUT2D eigenvalue weighted by molar-refractivity contribution is 6.13. The van der Waals surface area contributed by atoms with Crippen LogP contribution in [-0.4, -0.2) is 24.9 Å². The number of fused-ring (bicyclic) bond motifs is 3. The summed E-state index contributed by atoms with van der Waals surface area (Å²) in [6.07, 6.45) is 7.08. The van der Waals surface area contributed by atoms with Crippen molar-refractivity contribution < 1.29 is 0 Å². The van der Waals surface area contributed by atoms with E-state index in [0.29, 0.717) is 5.82 Å². The molecule has 0 aliphatic carbocycles. The summed E-state index contributed by atoms with van der Waals surface area (Å²) < 4.78 is 0. The van der Waals surface area contributed by atoms with E-state index in [4.69, 9.17) is 15.0 Å². The van der Waals surface area contributed by atoms with Gasteiger partial charge >= 0.3 is 0 Å². The van der Waals surface area contributed by atoms with Crippen molar-refractivity contribution in [1.82, 2.24) is 24.9 Å². The van der Waals surface area contributed by atoms with Gasteiger partial charge in [-0.15, -0.1) is 0 Å². The predicted molar refractivity (Wildman–Crippen MR) is 178 cm³/mol. The number of hydrogen-bond donors (Lipinski definition) is 0. The molecule has 8 aromatic rings. The summed E-state index contributed by atoms with van der Waals surface area (Å²) in [5.74, 6) is 0.650. The highest BCUT2D eigenvalue weighted by atomic mass is 14.9. The molecule has 206 valence electrons. The number of benzene rings is 4. The Labute approximate surface area is 254 Å². The molecule has 0 spiro atoms. The Morgan fingerprint density at radius 3 is 1.64 bits per heavy atom. The summed E-state index contributed by atoms with van der Waals surface area (Å²) in [5.41, 5.74) is 9.85. The Morgan fingerprint density at radius 2 is 0.955 bits per heavy atom. The minimum Gasteiger partial charge on any atom is -0.265 e. The quantitative estimate of drug-likeness (QED) is 0.195. The standard InChI is InChI=1S/C39H25N5/c1-2-6-26(7-3-1)33-24-35(42-34-15-14-27-8-4-5-9-32(27)38(33)34)28-10-12-29(13-11-28)36-25-37(30-16-20-40-21-17-30)44-39(43-36)31-18-22-41-23-19-31/h1-25H. The summed E-state index contributed by atoms with van der Waals surface area (Å²) in [7, 11) is 0. The van der Waals surface area contributed by atoms with Gasteiger partial charge in [0.05, 0.1) is 22.6 Å². The Morgan fingerprint density at radius 1 is 0.386 bits per heavy atom. The van der Waals surface area contributed by atoms with Gasteiger partial charge in [0.1, 0.15) is 0 Å². The van der Waals surface area contributed by atoms with E-state index in [2.05, 4.69) is 107 Å². The fourth-order valence-electron chi connectivity index (χ4n) is 5.71. The van der Waals surface area contributed by atoms with Crippen LogP contribution in [0.5, 0.6) is 0 Å². The molecule has 0 radical (unpaired) electrons. The summed E-state index contributed by atoms with van der Waals surface area (Å²) in [6.45, 7) is 0. The molecule has 4 heterocycles. The molecular formula is C39H25N5. The first-order chi connectivity index (χ1) is 21.8. The molecule has 0 aliphatic rings. The maximum Gasteiger partial charge on any atom is 0.160 e. The van der Waals surface area contributed by atoms with Crippen LogP contribution < -0.4 is 0 Å². The minimum atomic E-state index is 0.650. The summed E-state index contributed by atoms with van der Waals surface area (Å²) in [5, 5.41) is 3.58. The van der Waals surface area contributed by atoms with E-state index in [0.717, 1.165) is 44.9 Å². The molecule has 0 amide bonds. The topological polar surface area (TPSA) is 64.5 Å². The van der Waals surface area contributed by atoms with E-state index in [1.807, 2.05) is 30.3 Å². The van der Waals surface area contributed by atoms with Crippen LogP contribution >= 0.6 is 0 Å². The lowest BCUT2D eigenvalue weighted by atomic mass is 9.94. The third kappa shape index (κ3) is 4.76. The predicted octanol–water partition coefficient (Wildman–Crippen LogP) is 9.30. The highest BCUT2D eigenvalue weighted by Gasteiger charge is 2.14. The first-order valence-corrected chi connectivity index (χ1v) is 14.5. The van der Waals surface area contributed by atoms with Gasteiger partial charge in [-0.3, -0.25) is 9.97 Å². The molecule has 44 heavy (non-hydrogen) atoms. The zero-order valence-corrected chi connectivity index (χ0v) is 23.7. The van der Waals surface area contributed by atoms with E-state index in [1.165, 1.54) is 27.3 Å². The lowest BCUT2D eigenvalue weighted by Gasteiger charge is -2.13. The molecule has 4 aromatic carbocycles. The van der Waals surface area contributed by atoms with E-state index in [-0.39, 0.29) is 0 Å². The minimum absolute atomic E-state index is 0.650. The van der Waals surface area contributed by atoms with Gasteiger partial charge in [-0.05, 0) is 64.4 Å². The van der Waals surface area contributed by atoms with Gasteiger partial charge in [0.2, 0.25) is 0 Å². The van der Waals surface area contributed by atoms with Gasteiger partial charge in [0.15, 0.2) is 5.82 Å². The smallest absolute Gasteiger partial charge is 0.160 e. The zero-order valence-electron chi connectivity index (χ0n) is 23.7. The number of hydrogen-bond acceptors (Lipinski definition) is 5. The van der Waals surface area contributed by atoms with Gasteiger partial charge in [-0.25, -0.2) is 15.0 Å². The molecule has 4 aromatic heterocycles. The van der Waals surface area contributed by atoms with Crippen molar-refractivity contribution in [2.75, 3.05) is 0 Å². The van der Waals surface area contributed by atoms with Crippen LogP contribution in [0.2, 0.25) is 0 Å². The van der Waals surface area contributed by atoms with Gasteiger partial charge in [0, 0.05) is 52.4 Å². The molecule has 5 nitrogen and oxygen atoms in total. The number of nitrogens with zero attached hydrogens (tertiary/aromatic N) is 5. The molecule has 0 bridgehead atoms. The number of rotatable bonds is 5. The first kappa shape index (κ1) is 25.6. The van der Waals surface area contributed by atoms with Gasteiger partial charge in [0.25, 0.3) is 0 Å². The monoisotopic (exact) mass is 563 g/mol. The Hall–Kier alpha value is -6.07. The van der Waals surface area contributed by atoms with E-state index >= 15 is 0 Å². The Bertz CT molecular complexity index is 2190. The van der Waals surface area contributed by atoms with Crippen molar-refractivity contribution in [3.05, 3.63) is 152 Å². The normalized spacial score (nSPS) is 11.2. The zero-order chi connectivity index (χ0) is 29.3. The molecule has 0 N–H and O–H groups in total. The average molecular weight is 564 g/mol. The summed E-state index contributed by atoms with van der Waals surface area (Å²) >= 11 is 0. The third-order valence-corrected chi connectivity index (χ3v) is 7.90. The Kier molecular flexibility index (Phi) is 6.39. The third-order valence-electron chi connectivity index (χ3n) is 7.90. The Balaban J connectivity index is 1.25. The van der Waals surface area contributed by atoms with E-state index in [1.54, 1.807) is 24.8 Å². The number of pyridine rings is 3. The number of aromatic nitrogens is 5. The molecule has 8 rings (SSSR count). The molecule has 0 aliphatic heterocycles. The van der Waals surface area contributed by atoms with E-state index < -0.39 is 0 Å². The van der Waals surface area contributed by atoms with Crippen LogP contribution in [0.3, 0.4) is 0 Å². The second-order valence-corrected chi connectivity index (χ2v) is 10.6. The molecule has 0 atom stereocenters. The van der Waals surface area contributed by atoms with Crippen molar-refractivity contribution in [1.29, 1.82) is 0 Å². The van der Waals surface area contributed by atoms with E-state index in [9.17, 15) is 0 Å². The highest BCUT2D eigenvalue weighted by Crippen LogP contribution is 2.37. The van der Waals surface area contributed by atoms with Crippen molar-refractivity contribution >= 4 is 21.7 Å². The summed E-state index contributed by atoms with van der Waals surface area (Å²) in [4.78, 5) is 23.3. The van der Waals surface area contributed by atoms with Crippen LogP contribution in [0.15, 0.2) is 152 Å². The van der Waals surface area contributed by atoms with Crippen LogP contribution in [0.25, 0.3) is 78.0 Å². The fourth-order valence-corrected chi connectivity index (χ4v) is 5.71. The van der Waals surface area contributed by atoms with Crippen LogP contribution in [0, 0.1) is 0 Å².